The molecule has 19 heavy (non-hydrogen) atoms. The predicted octanol–water partition coefficient (Wildman–Crippen LogP) is 4.43. The Balaban J connectivity index is 2.32. The van der Waals surface area contributed by atoms with Crippen LogP contribution in [0.15, 0.2) is 0 Å². The van der Waals surface area contributed by atoms with Crippen LogP contribution in [-0.2, 0) is 18.4 Å². The summed E-state index contributed by atoms with van der Waals surface area (Å²) in [5.41, 5.74) is 1.54. The van der Waals surface area contributed by atoms with Crippen LogP contribution in [-0.4, -0.2) is 11.5 Å². The van der Waals surface area contributed by atoms with E-state index >= 15 is 0 Å². The zero-order valence-electron chi connectivity index (χ0n) is 12.7. The molecule has 1 aromatic rings. The fourth-order valence-electron chi connectivity index (χ4n) is 3.34. The van der Waals surface area contributed by atoms with E-state index in [1.54, 1.807) is 4.88 Å². The standard InChI is InChI=1S/C16H28N2S/c1-4-11-16(12-5-2,17-6-3)15-18-13-9-7-8-10-14(13)19-15/h17H,4-12H2,1-3H3. The van der Waals surface area contributed by atoms with Crippen LogP contribution in [0.3, 0.4) is 0 Å². The van der Waals surface area contributed by atoms with Crippen LogP contribution in [0.25, 0.3) is 0 Å². The summed E-state index contributed by atoms with van der Waals surface area (Å²) in [6.45, 7) is 7.82. The third kappa shape index (κ3) is 3.19. The van der Waals surface area contributed by atoms with E-state index in [1.807, 2.05) is 11.3 Å². The molecule has 0 saturated heterocycles. The second-order valence-electron chi connectivity index (χ2n) is 5.71. The lowest BCUT2D eigenvalue weighted by Gasteiger charge is -2.32. The first-order valence-electron chi connectivity index (χ1n) is 7.99. The van der Waals surface area contributed by atoms with Gasteiger partial charge in [0.15, 0.2) is 0 Å². The summed E-state index contributed by atoms with van der Waals surface area (Å²) in [6, 6.07) is 0. The lowest BCUT2D eigenvalue weighted by atomic mass is 9.89. The largest absolute Gasteiger partial charge is 0.306 e. The number of hydrogen-bond donors (Lipinski definition) is 1. The quantitative estimate of drug-likeness (QED) is 0.799. The van der Waals surface area contributed by atoms with Gasteiger partial charge in [0.25, 0.3) is 0 Å². The molecule has 0 fully saturated rings. The first-order chi connectivity index (χ1) is 9.25. The van der Waals surface area contributed by atoms with Gasteiger partial charge < -0.3 is 5.32 Å². The number of thiazole rings is 1. The van der Waals surface area contributed by atoms with Gasteiger partial charge in [0.1, 0.15) is 5.01 Å². The highest BCUT2D eigenvalue weighted by molar-refractivity contribution is 7.11. The lowest BCUT2D eigenvalue weighted by Crippen LogP contribution is -2.42. The van der Waals surface area contributed by atoms with Crippen LogP contribution < -0.4 is 5.32 Å². The maximum atomic E-state index is 5.04. The summed E-state index contributed by atoms with van der Waals surface area (Å²) in [5.74, 6) is 0. The maximum absolute atomic E-state index is 5.04. The SMILES string of the molecule is CCCC(CCC)(NCC)c1nc2c(s1)CCCC2. The van der Waals surface area contributed by atoms with E-state index in [-0.39, 0.29) is 5.54 Å². The number of aryl methyl sites for hydroxylation is 2. The predicted molar refractivity (Wildman–Crippen MR) is 83.9 cm³/mol. The molecule has 1 aromatic heterocycles. The Hall–Kier alpha value is -0.410. The fourth-order valence-corrected chi connectivity index (χ4v) is 4.71. The maximum Gasteiger partial charge on any atom is 0.113 e. The number of rotatable bonds is 7. The van der Waals surface area contributed by atoms with Crippen molar-refractivity contribution in [3.63, 3.8) is 0 Å². The average Bonchev–Trinajstić information content (AvgIpc) is 2.83. The van der Waals surface area contributed by atoms with E-state index in [0.717, 1.165) is 6.54 Å². The van der Waals surface area contributed by atoms with Gasteiger partial charge in [0.2, 0.25) is 0 Å². The minimum Gasteiger partial charge on any atom is -0.306 e. The zero-order valence-corrected chi connectivity index (χ0v) is 13.5. The molecule has 0 radical (unpaired) electrons. The summed E-state index contributed by atoms with van der Waals surface area (Å²) >= 11 is 1.99. The van der Waals surface area contributed by atoms with Crippen molar-refractivity contribution < 1.29 is 0 Å². The van der Waals surface area contributed by atoms with E-state index < -0.39 is 0 Å². The molecule has 3 heteroatoms. The van der Waals surface area contributed by atoms with Crippen molar-refractivity contribution in [2.24, 2.45) is 0 Å². The molecule has 1 aliphatic rings. The van der Waals surface area contributed by atoms with Crippen LogP contribution in [0.4, 0.5) is 0 Å². The normalized spacial score (nSPS) is 15.5. The Morgan fingerprint density at radius 3 is 2.37 bits per heavy atom. The summed E-state index contributed by atoms with van der Waals surface area (Å²) < 4.78 is 0. The first-order valence-corrected chi connectivity index (χ1v) is 8.81. The summed E-state index contributed by atoms with van der Waals surface area (Å²) in [7, 11) is 0. The molecule has 1 N–H and O–H groups in total. The van der Waals surface area contributed by atoms with Gasteiger partial charge in [-0.2, -0.15) is 0 Å². The highest BCUT2D eigenvalue weighted by Gasteiger charge is 2.34. The van der Waals surface area contributed by atoms with Crippen LogP contribution in [0.2, 0.25) is 0 Å². The van der Waals surface area contributed by atoms with Gasteiger partial charge in [-0.1, -0.05) is 33.6 Å². The molecule has 1 heterocycles. The molecule has 0 aliphatic heterocycles. The third-order valence-corrected chi connectivity index (χ3v) is 5.49. The molecule has 0 bridgehead atoms. The highest BCUT2D eigenvalue weighted by Crippen LogP contribution is 2.37. The number of hydrogen-bond acceptors (Lipinski definition) is 3. The summed E-state index contributed by atoms with van der Waals surface area (Å²) in [5, 5.41) is 5.14. The molecular weight excluding hydrogens is 252 g/mol. The number of fused-ring (bicyclic) bond motifs is 1. The van der Waals surface area contributed by atoms with Crippen molar-refractivity contribution in [3.8, 4) is 0 Å². The van der Waals surface area contributed by atoms with E-state index in [2.05, 4.69) is 26.1 Å². The van der Waals surface area contributed by atoms with Crippen molar-refractivity contribution >= 4 is 11.3 Å². The van der Waals surface area contributed by atoms with E-state index in [0.29, 0.717) is 0 Å². The second-order valence-corrected chi connectivity index (χ2v) is 6.79. The Bertz CT molecular complexity index is 357. The summed E-state index contributed by atoms with van der Waals surface area (Å²) in [4.78, 5) is 6.60. The van der Waals surface area contributed by atoms with Gasteiger partial charge in [0.05, 0.1) is 11.2 Å². The van der Waals surface area contributed by atoms with Crippen molar-refractivity contribution in [1.82, 2.24) is 10.3 Å². The van der Waals surface area contributed by atoms with Crippen molar-refractivity contribution in [3.05, 3.63) is 15.6 Å². The first kappa shape index (κ1) is 15.0. The van der Waals surface area contributed by atoms with Crippen LogP contribution >= 0.6 is 11.3 Å². The van der Waals surface area contributed by atoms with Gasteiger partial charge >= 0.3 is 0 Å². The minimum atomic E-state index is 0.139. The second kappa shape index (κ2) is 6.85. The molecule has 108 valence electrons. The molecule has 2 rings (SSSR count). The van der Waals surface area contributed by atoms with Crippen LogP contribution in [0, 0.1) is 0 Å². The minimum absolute atomic E-state index is 0.139. The number of nitrogens with one attached hydrogen (secondary N) is 1. The average molecular weight is 280 g/mol. The molecule has 2 nitrogen and oxygen atoms in total. The Morgan fingerprint density at radius 2 is 1.79 bits per heavy atom. The molecule has 0 atom stereocenters. The van der Waals surface area contributed by atoms with E-state index in [1.165, 1.54) is 62.1 Å². The van der Waals surface area contributed by atoms with Crippen LogP contribution in [0.5, 0.6) is 0 Å². The Labute approximate surface area is 122 Å². The van der Waals surface area contributed by atoms with Gasteiger partial charge in [-0.15, -0.1) is 11.3 Å². The highest BCUT2D eigenvalue weighted by atomic mass is 32.1. The molecular formula is C16H28N2S. The molecule has 0 spiro atoms. The molecule has 0 aromatic carbocycles. The number of nitrogens with zero attached hydrogens (tertiary/aromatic N) is 1. The van der Waals surface area contributed by atoms with Crippen molar-refractivity contribution in [2.75, 3.05) is 6.54 Å². The molecule has 1 aliphatic carbocycles. The Morgan fingerprint density at radius 1 is 1.11 bits per heavy atom. The van der Waals surface area contributed by atoms with Crippen molar-refractivity contribution in [1.29, 1.82) is 0 Å². The van der Waals surface area contributed by atoms with E-state index in [4.69, 9.17) is 4.98 Å². The smallest absolute Gasteiger partial charge is 0.113 e. The number of aromatic nitrogens is 1. The molecule has 0 unspecified atom stereocenters. The topological polar surface area (TPSA) is 24.9 Å². The zero-order chi connectivity index (χ0) is 13.7. The molecule has 0 saturated carbocycles. The van der Waals surface area contributed by atoms with Gasteiger partial charge in [-0.05, 0) is 45.1 Å². The molecule has 0 amide bonds. The Kier molecular flexibility index (Phi) is 5.40. The third-order valence-electron chi connectivity index (χ3n) is 4.12. The monoisotopic (exact) mass is 280 g/mol. The van der Waals surface area contributed by atoms with Gasteiger partial charge in [-0.25, -0.2) is 4.98 Å². The van der Waals surface area contributed by atoms with Gasteiger partial charge in [0, 0.05) is 4.88 Å². The lowest BCUT2D eigenvalue weighted by molar-refractivity contribution is 0.284. The fraction of sp³-hybridized carbons (Fsp3) is 0.812. The van der Waals surface area contributed by atoms with E-state index in [9.17, 15) is 0 Å². The van der Waals surface area contributed by atoms with Gasteiger partial charge in [-0.3, -0.25) is 0 Å². The van der Waals surface area contributed by atoms with Crippen LogP contribution in [0.1, 0.15) is 74.9 Å². The summed E-state index contributed by atoms with van der Waals surface area (Å²) in [6.07, 6.45) is 9.99. The van der Waals surface area contributed by atoms with Crippen molar-refractivity contribution in [2.45, 2.75) is 77.7 Å².